The van der Waals surface area contributed by atoms with Gasteiger partial charge in [0.15, 0.2) is 0 Å². The fourth-order valence-corrected chi connectivity index (χ4v) is 6.31. The molecule has 1 N–H and O–H groups in total. The van der Waals surface area contributed by atoms with Crippen LogP contribution in [0.5, 0.6) is 0 Å². The molecule has 2 heterocycles. The molecule has 1 unspecified atom stereocenters. The van der Waals surface area contributed by atoms with Gasteiger partial charge in [-0.25, -0.2) is 8.42 Å². The van der Waals surface area contributed by atoms with Crippen LogP contribution in [0.2, 0.25) is 0 Å². The average molecular weight is 470 g/mol. The zero-order chi connectivity index (χ0) is 23.4. The second-order valence-corrected chi connectivity index (χ2v) is 10.7. The van der Waals surface area contributed by atoms with Crippen molar-refractivity contribution < 1.29 is 18.0 Å². The summed E-state index contributed by atoms with van der Waals surface area (Å²) in [6.07, 6.45) is 5.21. The van der Waals surface area contributed by atoms with E-state index in [1.807, 2.05) is 31.2 Å². The minimum atomic E-state index is -3.64. The Hall–Kier alpha value is -2.71. The van der Waals surface area contributed by atoms with Crippen LogP contribution in [0.15, 0.2) is 53.4 Å². The van der Waals surface area contributed by atoms with E-state index in [4.69, 9.17) is 0 Å². The molecule has 2 aliphatic heterocycles. The van der Waals surface area contributed by atoms with Gasteiger partial charge in [0.1, 0.15) is 0 Å². The van der Waals surface area contributed by atoms with E-state index in [9.17, 15) is 18.0 Å². The lowest BCUT2D eigenvalue weighted by atomic mass is 10.1. The number of anilines is 1. The van der Waals surface area contributed by atoms with Gasteiger partial charge in [0.05, 0.1) is 4.90 Å². The zero-order valence-electron chi connectivity index (χ0n) is 19.0. The lowest BCUT2D eigenvalue weighted by molar-refractivity contribution is -0.119. The Balaban J connectivity index is 1.44. The van der Waals surface area contributed by atoms with Crippen molar-refractivity contribution in [3.63, 3.8) is 0 Å². The van der Waals surface area contributed by atoms with Crippen molar-refractivity contribution in [2.24, 2.45) is 0 Å². The molecule has 0 bridgehead atoms. The van der Waals surface area contributed by atoms with Crippen molar-refractivity contribution in [3.8, 4) is 0 Å². The van der Waals surface area contributed by atoms with Crippen LogP contribution in [0.25, 0.3) is 0 Å². The van der Waals surface area contributed by atoms with Crippen LogP contribution in [0.4, 0.5) is 5.69 Å². The van der Waals surface area contributed by atoms with Crippen LogP contribution >= 0.6 is 0 Å². The number of carbonyl (C=O) groups excluding carboxylic acids is 2. The molecular weight excluding hydrogens is 438 g/mol. The van der Waals surface area contributed by atoms with Crippen LogP contribution in [-0.4, -0.2) is 43.7 Å². The van der Waals surface area contributed by atoms with Gasteiger partial charge in [-0.05, 0) is 68.5 Å². The van der Waals surface area contributed by atoms with Crippen molar-refractivity contribution in [2.75, 3.05) is 18.0 Å². The summed E-state index contributed by atoms with van der Waals surface area (Å²) in [5, 5.41) is 2.87. The fourth-order valence-electron chi connectivity index (χ4n) is 4.56. The van der Waals surface area contributed by atoms with Gasteiger partial charge in [0.2, 0.25) is 15.9 Å². The van der Waals surface area contributed by atoms with Crippen LogP contribution in [0.3, 0.4) is 0 Å². The number of nitrogens with one attached hydrogen (secondary N) is 1. The van der Waals surface area contributed by atoms with Gasteiger partial charge in [-0.2, -0.15) is 4.31 Å². The molecule has 176 valence electrons. The molecule has 2 aromatic rings. The van der Waals surface area contributed by atoms with Gasteiger partial charge < -0.3 is 10.2 Å². The minimum absolute atomic E-state index is 0.0414. The second kappa shape index (κ2) is 10.1. The Bertz CT molecular complexity index is 1130. The van der Waals surface area contributed by atoms with Crippen molar-refractivity contribution in [1.82, 2.24) is 9.62 Å². The molecule has 0 saturated carbocycles. The quantitative estimate of drug-likeness (QED) is 0.699. The van der Waals surface area contributed by atoms with E-state index in [0.29, 0.717) is 25.1 Å². The third-order valence-corrected chi connectivity index (χ3v) is 8.45. The number of benzene rings is 2. The highest BCUT2D eigenvalue weighted by molar-refractivity contribution is 7.89. The highest BCUT2D eigenvalue weighted by atomic mass is 32.2. The molecule has 0 radical (unpaired) electrons. The van der Waals surface area contributed by atoms with Gasteiger partial charge in [0.25, 0.3) is 5.91 Å². The van der Waals surface area contributed by atoms with Crippen molar-refractivity contribution in [1.29, 1.82) is 0 Å². The highest BCUT2D eigenvalue weighted by Gasteiger charge is 2.31. The third-order valence-electron chi connectivity index (χ3n) is 6.44. The van der Waals surface area contributed by atoms with Gasteiger partial charge in [-0.3, -0.25) is 9.59 Å². The number of sulfonamides is 1. The first-order chi connectivity index (χ1) is 15.9. The third kappa shape index (κ3) is 5.28. The predicted molar refractivity (Wildman–Crippen MR) is 127 cm³/mol. The second-order valence-electron chi connectivity index (χ2n) is 8.84. The smallest absolute Gasteiger partial charge is 0.251 e. The molecule has 7 nitrogen and oxygen atoms in total. The molecule has 2 aliphatic rings. The summed E-state index contributed by atoms with van der Waals surface area (Å²) < 4.78 is 27.8. The first-order valence-electron chi connectivity index (χ1n) is 11.7. The Morgan fingerprint density at radius 1 is 1.03 bits per heavy atom. The normalized spacial score (nSPS) is 20.0. The molecule has 33 heavy (non-hydrogen) atoms. The first kappa shape index (κ1) is 23.4. The van der Waals surface area contributed by atoms with Gasteiger partial charge in [-0.15, -0.1) is 0 Å². The van der Waals surface area contributed by atoms with E-state index in [-0.39, 0.29) is 29.3 Å². The lowest BCUT2D eigenvalue weighted by Gasteiger charge is -2.32. The number of amides is 2. The summed E-state index contributed by atoms with van der Waals surface area (Å²) in [4.78, 5) is 26.9. The fraction of sp³-hybridized carbons (Fsp3) is 0.440. The Morgan fingerprint density at radius 2 is 1.82 bits per heavy atom. The van der Waals surface area contributed by atoms with Crippen molar-refractivity contribution in [3.05, 3.63) is 59.7 Å². The molecule has 2 saturated heterocycles. The summed E-state index contributed by atoms with van der Waals surface area (Å²) in [5.41, 5.74) is 2.03. The standard InChI is InChI=1S/C25H31N3O4S/c1-19-8-2-5-15-28(19)33(31,32)23-12-7-10-21(17-23)25(30)26-18-20-9-6-11-22(16-20)27-14-4-3-13-24(27)29/h6-7,9-12,16-17,19H,2-5,8,13-15,18H2,1H3,(H,26,30). The topological polar surface area (TPSA) is 86.8 Å². The number of carbonyl (C=O) groups is 2. The maximum Gasteiger partial charge on any atom is 0.251 e. The zero-order valence-corrected chi connectivity index (χ0v) is 19.8. The molecule has 1 atom stereocenters. The molecule has 2 aromatic carbocycles. The molecule has 8 heteroatoms. The number of hydrogen-bond acceptors (Lipinski definition) is 4. The molecule has 0 spiro atoms. The molecule has 2 fully saturated rings. The molecular formula is C25H31N3O4S. The van der Waals surface area contributed by atoms with Crippen LogP contribution in [-0.2, 0) is 21.4 Å². The number of hydrogen-bond donors (Lipinski definition) is 1. The van der Waals surface area contributed by atoms with Gasteiger partial charge in [-0.1, -0.05) is 24.6 Å². The van der Waals surface area contributed by atoms with Gasteiger partial charge in [0, 0.05) is 43.3 Å². The summed E-state index contributed by atoms with van der Waals surface area (Å²) in [6, 6.07) is 13.8. The largest absolute Gasteiger partial charge is 0.348 e. The van der Waals surface area contributed by atoms with Crippen molar-refractivity contribution in [2.45, 2.75) is 62.9 Å². The van der Waals surface area contributed by atoms with E-state index in [1.54, 1.807) is 27.4 Å². The highest BCUT2D eigenvalue weighted by Crippen LogP contribution is 2.26. The Labute approximate surface area is 195 Å². The number of nitrogens with zero attached hydrogens (tertiary/aromatic N) is 2. The van der Waals surface area contributed by atoms with Crippen molar-refractivity contribution >= 4 is 27.5 Å². The monoisotopic (exact) mass is 469 g/mol. The van der Waals surface area contributed by atoms with Crippen LogP contribution in [0.1, 0.15) is 61.4 Å². The maximum absolute atomic E-state index is 13.1. The molecule has 0 aliphatic carbocycles. The predicted octanol–water partition coefficient (Wildman–Crippen LogP) is 3.70. The average Bonchev–Trinajstić information content (AvgIpc) is 2.83. The first-order valence-corrected chi connectivity index (χ1v) is 13.1. The molecule has 2 amide bonds. The van der Waals surface area contributed by atoms with Crippen LogP contribution in [0, 0.1) is 0 Å². The summed E-state index contributed by atoms with van der Waals surface area (Å²) in [6.45, 7) is 3.44. The summed E-state index contributed by atoms with van der Waals surface area (Å²) in [5.74, 6) is -0.207. The number of rotatable bonds is 6. The van der Waals surface area contributed by atoms with Crippen LogP contribution < -0.4 is 10.2 Å². The Morgan fingerprint density at radius 3 is 2.61 bits per heavy atom. The minimum Gasteiger partial charge on any atom is -0.348 e. The lowest BCUT2D eigenvalue weighted by Crippen LogP contribution is -2.42. The summed E-state index contributed by atoms with van der Waals surface area (Å²) >= 11 is 0. The Kier molecular flexibility index (Phi) is 7.14. The number of piperidine rings is 2. The van der Waals surface area contributed by atoms with E-state index >= 15 is 0 Å². The van der Waals surface area contributed by atoms with E-state index in [0.717, 1.165) is 43.4 Å². The van der Waals surface area contributed by atoms with E-state index < -0.39 is 10.0 Å². The summed E-state index contributed by atoms with van der Waals surface area (Å²) in [7, 11) is -3.64. The van der Waals surface area contributed by atoms with E-state index in [2.05, 4.69) is 5.32 Å². The molecule has 4 rings (SSSR count). The molecule has 0 aromatic heterocycles. The van der Waals surface area contributed by atoms with E-state index in [1.165, 1.54) is 6.07 Å². The van der Waals surface area contributed by atoms with Gasteiger partial charge >= 0.3 is 0 Å². The maximum atomic E-state index is 13.1. The SMILES string of the molecule is CC1CCCCN1S(=O)(=O)c1cccc(C(=O)NCc2cccc(N3CCCCC3=O)c2)c1.